The van der Waals surface area contributed by atoms with E-state index in [0.717, 1.165) is 48.8 Å². The lowest BCUT2D eigenvalue weighted by Crippen LogP contribution is -2.34. The van der Waals surface area contributed by atoms with Gasteiger partial charge in [-0.3, -0.25) is 4.90 Å². The fraction of sp³-hybridized carbons (Fsp3) is 0.533. The number of aromatic carboxylic acids is 1. The molecule has 118 valence electrons. The quantitative estimate of drug-likeness (QED) is 0.933. The fourth-order valence-electron chi connectivity index (χ4n) is 2.90. The van der Waals surface area contributed by atoms with E-state index in [1.165, 1.54) is 11.3 Å². The monoisotopic (exact) mass is 321 g/mol. The van der Waals surface area contributed by atoms with Crippen LogP contribution in [0.1, 0.15) is 50.6 Å². The molecule has 2 aromatic rings. The van der Waals surface area contributed by atoms with E-state index in [0.29, 0.717) is 10.7 Å². The van der Waals surface area contributed by atoms with Gasteiger partial charge in [0.05, 0.1) is 5.92 Å². The number of carboxylic acids is 1. The fourth-order valence-corrected chi connectivity index (χ4v) is 3.78. The van der Waals surface area contributed by atoms with Gasteiger partial charge >= 0.3 is 5.97 Å². The number of carboxylic acid groups (broad SMARTS) is 1. The number of aromatic nitrogens is 2. The van der Waals surface area contributed by atoms with Crippen molar-refractivity contribution in [3.8, 4) is 0 Å². The molecule has 0 saturated carbocycles. The first kappa shape index (κ1) is 15.2. The minimum atomic E-state index is -0.850. The minimum absolute atomic E-state index is 0.271. The number of piperidine rings is 1. The maximum Gasteiger partial charge on any atom is 0.345 e. The molecule has 1 fully saturated rings. The Morgan fingerprint density at radius 2 is 2.36 bits per heavy atom. The van der Waals surface area contributed by atoms with Crippen LogP contribution in [0, 0.1) is 13.8 Å². The summed E-state index contributed by atoms with van der Waals surface area (Å²) in [4.78, 5) is 19.2. The number of likely N-dealkylation sites (tertiary alicyclic amines) is 1. The van der Waals surface area contributed by atoms with Crippen LogP contribution in [-0.2, 0) is 6.54 Å². The molecule has 1 aliphatic rings. The van der Waals surface area contributed by atoms with Crippen LogP contribution in [0.3, 0.4) is 0 Å². The molecule has 1 saturated heterocycles. The van der Waals surface area contributed by atoms with Gasteiger partial charge in [0.25, 0.3) is 0 Å². The predicted molar refractivity (Wildman–Crippen MR) is 82.3 cm³/mol. The van der Waals surface area contributed by atoms with Gasteiger partial charge in [0.15, 0.2) is 5.82 Å². The molecule has 1 aliphatic heterocycles. The first-order valence-corrected chi connectivity index (χ1v) is 8.19. The zero-order valence-corrected chi connectivity index (χ0v) is 13.5. The number of rotatable bonds is 4. The third-order valence-corrected chi connectivity index (χ3v) is 5.10. The SMILES string of the molecule is Cc1noc(C2CCCN(Cc3cc(C(=O)O)sc3C)C2)n1. The van der Waals surface area contributed by atoms with Crippen molar-refractivity contribution < 1.29 is 14.4 Å². The highest BCUT2D eigenvalue weighted by atomic mass is 32.1. The molecule has 3 rings (SSSR count). The zero-order chi connectivity index (χ0) is 15.7. The molecule has 0 spiro atoms. The minimum Gasteiger partial charge on any atom is -0.477 e. The summed E-state index contributed by atoms with van der Waals surface area (Å²) < 4.78 is 5.30. The van der Waals surface area contributed by atoms with E-state index in [9.17, 15) is 4.79 Å². The third-order valence-electron chi connectivity index (χ3n) is 4.02. The molecule has 6 nitrogen and oxygen atoms in total. The Hall–Kier alpha value is -1.73. The molecule has 22 heavy (non-hydrogen) atoms. The van der Waals surface area contributed by atoms with Gasteiger partial charge in [0.1, 0.15) is 4.88 Å². The Balaban J connectivity index is 1.69. The summed E-state index contributed by atoms with van der Waals surface area (Å²) >= 11 is 1.34. The number of carbonyl (C=O) groups is 1. The summed E-state index contributed by atoms with van der Waals surface area (Å²) in [6, 6.07) is 1.79. The number of hydrogen-bond donors (Lipinski definition) is 1. The summed E-state index contributed by atoms with van der Waals surface area (Å²) in [5, 5.41) is 13.0. The highest BCUT2D eigenvalue weighted by Crippen LogP contribution is 2.29. The summed E-state index contributed by atoms with van der Waals surface area (Å²) in [6.45, 7) is 6.48. The maximum atomic E-state index is 11.1. The normalized spacial score (nSPS) is 19.5. The lowest BCUT2D eigenvalue weighted by atomic mass is 9.97. The molecule has 1 N–H and O–H groups in total. The number of hydrogen-bond acceptors (Lipinski definition) is 6. The van der Waals surface area contributed by atoms with Crippen LogP contribution in [0.5, 0.6) is 0 Å². The zero-order valence-electron chi connectivity index (χ0n) is 12.7. The molecule has 3 heterocycles. The van der Waals surface area contributed by atoms with Crippen molar-refractivity contribution in [1.82, 2.24) is 15.0 Å². The van der Waals surface area contributed by atoms with E-state index in [2.05, 4.69) is 15.0 Å². The summed E-state index contributed by atoms with van der Waals surface area (Å²) in [6.07, 6.45) is 2.14. The second-order valence-electron chi connectivity index (χ2n) is 5.75. The topological polar surface area (TPSA) is 79.5 Å². The van der Waals surface area contributed by atoms with E-state index in [1.807, 2.05) is 13.8 Å². The first-order chi connectivity index (χ1) is 10.5. The lowest BCUT2D eigenvalue weighted by Gasteiger charge is -2.30. The molecule has 0 aliphatic carbocycles. The number of thiophene rings is 1. The van der Waals surface area contributed by atoms with Gasteiger partial charge in [-0.05, 0) is 44.9 Å². The summed E-state index contributed by atoms with van der Waals surface area (Å²) in [5.41, 5.74) is 1.10. The molecule has 2 aromatic heterocycles. The smallest absolute Gasteiger partial charge is 0.345 e. The Bertz CT molecular complexity index is 679. The van der Waals surface area contributed by atoms with Crippen molar-refractivity contribution in [2.45, 2.75) is 39.2 Å². The highest BCUT2D eigenvalue weighted by molar-refractivity contribution is 7.14. The van der Waals surface area contributed by atoms with Gasteiger partial charge in [-0.1, -0.05) is 5.16 Å². The molecule has 1 atom stereocenters. The van der Waals surface area contributed by atoms with Crippen molar-refractivity contribution in [3.05, 3.63) is 33.1 Å². The molecular weight excluding hydrogens is 302 g/mol. The third kappa shape index (κ3) is 3.20. The van der Waals surface area contributed by atoms with E-state index in [-0.39, 0.29) is 5.92 Å². The van der Waals surface area contributed by atoms with E-state index in [4.69, 9.17) is 9.63 Å². The van der Waals surface area contributed by atoms with Crippen LogP contribution in [0.25, 0.3) is 0 Å². The standard InChI is InChI=1S/C15H19N3O3S/c1-9-12(6-13(22-9)15(19)20)8-18-5-3-4-11(7-18)14-16-10(2)17-21-14/h6,11H,3-5,7-8H2,1-2H3,(H,19,20). The molecule has 0 radical (unpaired) electrons. The molecule has 7 heteroatoms. The van der Waals surface area contributed by atoms with Crippen molar-refractivity contribution in [1.29, 1.82) is 0 Å². The van der Waals surface area contributed by atoms with Gasteiger partial charge < -0.3 is 9.63 Å². The highest BCUT2D eigenvalue weighted by Gasteiger charge is 2.26. The Morgan fingerprint density at radius 1 is 1.55 bits per heavy atom. The average Bonchev–Trinajstić information content (AvgIpc) is 3.06. The van der Waals surface area contributed by atoms with Crippen LogP contribution < -0.4 is 0 Å². The van der Waals surface area contributed by atoms with Crippen molar-refractivity contribution >= 4 is 17.3 Å². The second kappa shape index (κ2) is 6.18. The number of nitrogens with zero attached hydrogens (tertiary/aromatic N) is 3. The van der Waals surface area contributed by atoms with Crippen molar-refractivity contribution in [2.24, 2.45) is 0 Å². The van der Waals surface area contributed by atoms with Crippen molar-refractivity contribution in [3.63, 3.8) is 0 Å². The second-order valence-corrected chi connectivity index (χ2v) is 7.01. The first-order valence-electron chi connectivity index (χ1n) is 7.38. The molecule has 0 bridgehead atoms. The molecule has 1 unspecified atom stereocenters. The Kier molecular flexibility index (Phi) is 4.26. The Labute approximate surface area is 132 Å². The lowest BCUT2D eigenvalue weighted by molar-refractivity contribution is 0.0702. The van der Waals surface area contributed by atoms with Gasteiger partial charge in [0.2, 0.25) is 5.89 Å². The molecular formula is C15H19N3O3S. The van der Waals surface area contributed by atoms with Gasteiger partial charge in [-0.15, -0.1) is 11.3 Å². The van der Waals surface area contributed by atoms with E-state index >= 15 is 0 Å². The Morgan fingerprint density at radius 3 is 3.00 bits per heavy atom. The largest absolute Gasteiger partial charge is 0.477 e. The van der Waals surface area contributed by atoms with Crippen LogP contribution in [0.2, 0.25) is 0 Å². The van der Waals surface area contributed by atoms with Gasteiger partial charge in [-0.25, -0.2) is 4.79 Å². The van der Waals surface area contributed by atoms with Crippen LogP contribution in [0.4, 0.5) is 0 Å². The van der Waals surface area contributed by atoms with E-state index in [1.54, 1.807) is 6.07 Å². The van der Waals surface area contributed by atoms with E-state index < -0.39 is 5.97 Å². The molecule has 0 amide bonds. The van der Waals surface area contributed by atoms with Crippen LogP contribution >= 0.6 is 11.3 Å². The van der Waals surface area contributed by atoms with Gasteiger partial charge in [-0.2, -0.15) is 4.98 Å². The maximum absolute atomic E-state index is 11.1. The average molecular weight is 321 g/mol. The van der Waals surface area contributed by atoms with Crippen molar-refractivity contribution in [2.75, 3.05) is 13.1 Å². The predicted octanol–water partition coefficient (Wildman–Crippen LogP) is 2.83. The molecule has 0 aromatic carbocycles. The van der Waals surface area contributed by atoms with Gasteiger partial charge in [0, 0.05) is 18.0 Å². The number of aryl methyl sites for hydroxylation is 2. The summed E-state index contributed by atoms with van der Waals surface area (Å²) in [5.74, 6) is 0.812. The summed E-state index contributed by atoms with van der Waals surface area (Å²) in [7, 11) is 0. The van der Waals surface area contributed by atoms with Crippen LogP contribution in [-0.4, -0.2) is 39.2 Å². The van der Waals surface area contributed by atoms with Crippen LogP contribution in [0.15, 0.2) is 10.6 Å².